The first-order valence-electron chi connectivity index (χ1n) is 6.29. The van der Waals surface area contributed by atoms with E-state index in [9.17, 15) is 4.79 Å². The van der Waals surface area contributed by atoms with E-state index in [1.165, 1.54) is 0 Å². The molecule has 2 atom stereocenters. The van der Waals surface area contributed by atoms with Crippen LogP contribution >= 0.6 is 0 Å². The number of carbonyl (C=O) groups is 1. The number of hydrogen-bond donors (Lipinski definition) is 1. The number of benzene rings is 1. The maximum atomic E-state index is 12.3. The standard InChI is InChI=1S/C14H20N2O2/c1-10-7-12(15)9-16(8-10)14(17)11-3-5-13(18-2)6-4-11/h3-6,10,12H,7-9,15H2,1-2H3. The molecule has 2 rings (SSSR count). The van der Waals surface area contributed by atoms with Crippen LogP contribution in [0.4, 0.5) is 0 Å². The van der Waals surface area contributed by atoms with E-state index in [1.54, 1.807) is 31.4 Å². The fourth-order valence-electron chi connectivity index (χ4n) is 2.48. The summed E-state index contributed by atoms with van der Waals surface area (Å²) in [5.74, 6) is 1.28. The van der Waals surface area contributed by atoms with Crippen LogP contribution in [0.15, 0.2) is 24.3 Å². The first kappa shape index (κ1) is 12.9. The number of nitrogens with zero attached hydrogens (tertiary/aromatic N) is 1. The molecule has 1 aromatic carbocycles. The zero-order valence-electron chi connectivity index (χ0n) is 10.9. The van der Waals surface area contributed by atoms with E-state index in [0.29, 0.717) is 18.0 Å². The van der Waals surface area contributed by atoms with Crippen LogP contribution in [0.2, 0.25) is 0 Å². The van der Waals surface area contributed by atoms with Gasteiger partial charge in [0.25, 0.3) is 5.91 Å². The highest BCUT2D eigenvalue weighted by Crippen LogP contribution is 2.19. The van der Waals surface area contributed by atoms with Crippen LogP contribution < -0.4 is 10.5 Å². The van der Waals surface area contributed by atoms with Gasteiger partial charge in [0.1, 0.15) is 5.75 Å². The molecule has 4 heteroatoms. The first-order valence-corrected chi connectivity index (χ1v) is 6.29. The Kier molecular flexibility index (Phi) is 3.87. The zero-order valence-corrected chi connectivity index (χ0v) is 10.9. The number of likely N-dealkylation sites (tertiary alicyclic amines) is 1. The average Bonchev–Trinajstić information content (AvgIpc) is 2.37. The van der Waals surface area contributed by atoms with E-state index in [-0.39, 0.29) is 11.9 Å². The molecule has 0 bridgehead atoms. The number of methoxy groups -OCH3 is 1. The van der Waals surface area contributed by atoms with Gasteiger partial charge in [-0.3, -0.25) is 4.79 Å². The molecule has 98 valence electrons. The van der Waals surface area contributed by atoms with Crippen LogP contribution in [0.5, 0.6) is 5.75 Å². The van der Waals surface area contributed by atoms with Crippen molar-refractivity contribution in [2.45, 2.75) is 19.4 Å². The van der Waals surface area contributed by atoms with Crippen molar-refractivity contribution in [3.63, 3.8) is 0 Å². The molecule has 18 heavy (non-hydrogen) atoms. The molecule has 1 aliphatic rings. The van der Waals surface area contributed by atoms with E-state index >= 15 is 0 Å². The topological polar surface area (TPSA) is 55.6 Å². The molecule has 1 amide bonds. The van der Waals surface area contributed by atoms with E-state index in [0.717, 1.165) is 18.7 Å². The third kappa shape index (κ3) is 2.82. The third-order valence-corrected chi connectivity index (χ3v) is 3.32. The SMILES string of the molecule is COc1ccc(C(=O)N2CC(C)CC(N)C2)cc1. The highest BCUT2D eigenvalue weighted by atomic mass is 16.5. The highest BCUT2D eigenvalue weighted by Gasteiger charge is 2.26. The van der Waals surface area contributed by atoms with Crippen molar-refractivity contribution in [1.82, 2.24) is 4.90 Å². The molecule has 1 fully saturated rings. The summed E-state index contributed by atoms with van der Waals surface area (Å²) in [6, 6.07) is 7.30. The molecular formula is C14H20N2O2. The summed E-state index contributed by atoms with van der Waals surface area (Å²) < 4.78 is 5.08. The maximum absolute atomic E-state index is 12.3. The Balaban J connectivity index is 2.09. The van der Waals surface area contributed by atoms with E-state index in [4.69, 9.17) is 10.5 Å². The lowest BCUT2D eigenvalue weighted by Gasteiger charge is -2.34. The Labute approximate surface area is 108 Å². The maximum Gasteiger partial charge on any atom is 0.253 e. The molecule has 0 aliphatic carbocycles. The van der Waals surface area contributed by atoms with Crippen LogP contribution in [0.1, 0.15) is 23.7 Å². The number of amides is 1. The third-order valence-electron chi connectivity index (χ3n) is 3.32. The van der Waals surface area contributed by atoms with Crippen molar-refractivity contribution in [3.05, 3.63) is 29.8 Å². The van der Waals surface area contributed by atoms with Crippen molar-refractivity contribution in [2.75, 3.05) is 20.2 Å². The summed E-state index contributed by atoms with van der Waals surface area (Å²) >= 11 is 0. The highest BCUT2D eigenvalue weighted by molar-refractivity contribution is 5.94. The Morgan fingerprint density at radius 1 is 1.33 bits per heavy atom. The van der Waals surface area contributed by atoms with Crippen LogP contribution in [-0.2, 0) is 0 Å². The number of piperidine rings is 1. The minimum Gasteiger partial charge on any atom is -0.497 e. The summed E-state index contributed by atoms with van der Waals surface area (Å²) in [7, 11) is 1.61. The van der Waals surface area contributed by atoms with Gasteiger partial charge in [-0.25, -0.2) is 0 Å². The van der Waals surface area contributed by atoms with Crippen LogP contribution in [0.25, 0.3) is 0 Å². The molecule has 0 saturated carbocycles. The summed E-state index contributed by atoms with van der Waals surface area (Å²) in [4.78, 5) is 14.2. The fraction of sp³-hybridized carbons (Fsp3) is 0.500. The number of ether oxygens (including phenoxy) is 1. The summed E-state index contributed by atoms with van der Waals surface area (Å²) in [5.41, 5.74) is 6.65. The van der Waals surface area contributed by atoms with Gasteiger partial charge in [-0.1, -0.05) is 6.92 Å². The fourth-order valence-corrected chi connectivity index (χ4v) is 2.48. The van der Waals surface area contributed by atoms with Crippen molar-refractivity contribution in [2.24, 2.45) is 11.7 Å². The molecule has 1 aromatic rings. The zero-order chi connectivity index (χ0) is 13.1. The average molecular weight is 248 g/mol. The molecule has 2 N–H and O–H groups in total. The molecule has 0 radical (unpaired) electrons. The van der Waals surface area contributed by atoms with E-state index < -0.39 is 0 Å². The lowest BCUT2D eigenvalue weighted by atomic mass is 9.96. The van der Waals surface area contributed by atoms with E-state index in [2.05, 4.69) is 6.92 Å². The molecule has 0 spiro atoms. The lowest BCUT2D eigenvalue weighted by molar-refractivity contribution is 0.0661. The van der Waals surface area contributed by atoms with Gasteiger partial charge < -0.3 is 15.4 Å². The van der Waals surface area contributed by atoms with Gasteiger partial charge in [0.15, 0.2) is 0 Å². The Morgan fingerprint density at radius 3 is 2.56 bits per heavy atom. The van der Waals surface area contributed by atoms with Crippen molar-refractivity contribution >= 4 is 5.91 Å². The molecule has 0 aromatic heterocycles. The number of rotatable bonds is 2. The van der Waals surface area contributed by atoms with Gasteiger partial charge in [0.05, 0.1) is 7.11 Å². The smallest absolute Gasteiger partial charge is 0.253 e. The first-order chi connectivity index (χ1) is 8.60. The van der Waals surface area contributed by atoms with Crippen molar-refractivity contribution < 1.29 is 9.53 Å². The van der Waals surface area contributed by atoms with Gasteiger partial charge in [0.2, 0.25) is 0 Å². The van der Waals surface area contributed by atoms with Gasteiger partial charge in [-0.2, -0.15) is 0 Å². The second-order valence-corrected chi connectivity index (χ2v) is 5.04. The van der Waals surface area contributed by atoms with Crippen LogP contribution in [-0.4, -0.2) is 37.0 Å². The molecule has 1 aliphatic heterocycles. The number of carbonyl (C=O) groups excluding carboxylic acids is 1. The Bertz CT molecular complexity index is 406. The minimum absolute atomic E-state index is 0.0552. The monoisotopic (exact) mass is 248 g/mol. The van der Waals surface area contributed by atoms with Crippen LogP contribution in [0.3, 0.4) is 0 Å². The molecule has 4 nitrogen and oxygen atoms in total. The summed E-state index contributed by atoms with van der Waals surface area (Å²) in [6.45, 7) is 3.57. The largest absolute Gasteiger partial charge is 0.497 e. The predicted molar refractivity (Wildman–Crippen MR) is 70.7 cm³/mol. The predicted octanol–water partition coefficient (Wildman–Crippen LogP) is 1.50. The molecular weight excluding hydrogens is 228 g/mol. The van der Waals surface area contributed by atoms with Gasteiger partial charge in [-0.15, -0.1) is 0 Å². The van der Waals surface area contributed by atoms with Gasteiger partial charge in [0, 0.05) is 24.7 Å². The second kappa shape index (κ2) is 5.40. The van der Waals surface area contributed by atoms with Gasteiger partial charge >= 0.3 is 0 Å². The van der Waals surface area contributed by atoms with Gasteiger partial charge in [-0.05, 0) is 36.6 Å². The van der Waals surface area contributed by atoms with E-state index in [1.807, 2.05) is 4.90 Å². The quantitative estimate of drug-likeness (QED) is 0.863. The summed E-state index contributed by atoms with van der Waals surface area (Å²) in [6.07, 6.45) is 0.992. The Morgan fingerprint density at radius 2 is 2.00 bits per heavy atom. The van der Waals surface area contributed by atoms with Crippen LogP contribution in [0, 0.1) is 5.92 Å². The minimum atomic E-state index is 0.0552. The van der Waals surface area contributed by atoms with Crippen molar-refractivity contribution in [1.29, 1.82) is 0 Å². The molecule has 1 saturated heterocycles. The molecule has 2 unspecified atom stereocenters. The lowest BCUT2D eigenvalue weighted by Crippen LogP contribution is -2.48. The number of hydrogen-bond acceptors (Lipinski definition) is 3. The van der Waals surface area contributed by atoms with Crippen molar-refractivity contribution in [3.8, 4) is 5.75 Å². The Hall–Kier alpha value is -1.55. The number of nitrogens with two attached hydrogens (primary N) is 1. The molecule has 1 heterocycles. The normalized spacial score (nSPS) is 23.8. The second-order valence-electron chi connectivity index (χ2n) is 5.04. The summed E-state index contributed by atoms with van der Waals surface area (Å²) in [5, 5.41) is 0.